The minimum Gasteiger partial charge on any atom is -0.469 e. The summed E-state index contributed by atoms with van der Waals surface area (Å²) in [5.74, 6) is -1.14. The Morgan fingerprint density at radius 3 is 2.62 bits per heavy atom. The van der Waals surface area contributed by atoms with E-state index >= 15 is 0 Å². The first-order chi connectivity index (χ1) is 16.1. The van der Waals surface area contributed by atoms with Crippen LogP contribution in [-0.2, 0) is 37.5 Å². The van der Waals surface area contributed by atoms with Gasteiger partial charge in [0.1, 0.15) is 0 Å². The van der Waals surface area contributed by atoms with Gasteiger partial charge in [-0.05, 0) is 48.1 Å². The highest BCUT2D eigenvalue weighted by molar-refractivity contribution is 7.87. The Bertz CT molecular complexity index is 1210. The van der Waals surface area contributed by atoms with Crippen LogP contribution in [0.4, 0.5) is 0 Å². The van der Waals surface area contributed by atoms with Crippen LogP contribution in [-0.4, -0.2) is 36.9 Å². The third kappa shape index (κ3) is 6.15. The van der Waals surface area contributed by atoms with E-state index in [2.05, 4.69) is 9.46 Å². The van der Waals surface area contributed by atoms with E-state index in [0.717, 1.165) is 15.4 Å². The summed E-state index contributed by atoms with van der Waals surface area (Å²) in [5.41, 5.74) is 4.44. The van der Waals surface area contributed by atoms with Crippen LogP contribution in [0, 0.1) is 6.92 Å². The predicted molar refractivity (Wildman–Crippen MR) is 126 cm³/mol. The van der Waals surface area contributed by atoms with Gasteiger partial charge in [-0.15, -0.1) is 0 Å². The molecule has 3 rings (SSSR count). The minimum absolute atomic E-state index is 0.0164. The van der Waals surface area contributed by atoms with Crippen molar-refractivity contribution in [2.45, 2.75) is 38.8 Å². The zero-order valence-electron chi connectivity index (χ0n) is 18.7. The van der Waals surface area contributed by atoms with Gasteiger partial charge in [-0.2, -0.15) is 13.1 Å². The second kappa shape index (κ2) is 11.0. The first kappa shape index (κ1) is 25.7. The fraction of sp³-hybridized carbons (Fsp3) is 0.304. The second-order valence-corrected chi connectivity index (χ2v) is 9.96. The largest absolute Gasteiger partial charge is 0.469 e. The van der Waals surface area contributed by atoms with E-state index in [-0.39, 0.29) is 29.5 Å². The molecule has 11 heteroatoms. The second-order valence-electron chi connectivity index (χ2n) is 7.90. The van der Waals surface area contributed by atoms with E-state index in [4.69, 9.17) is 11.6 Å². The molecule has 1 unspecified atom stereocenters. The molecule has 0 spiro atoms. The van der Waals surface area contributed by atoms with Gasteiger partial charge in [0, 0.05) is 17.6 Å². The predicted octanol–water partition coefficient (Wildman–Crippen LogP) is 2.92. The van der Waals surface area contributed by atoms with Crippen molar-refractivity contribution in [1.82, 2.24) is 14.5 Å². The molecule has 0 bridgehead atoms. The molecule has 2 aromatic rings. The fourth-order valence-corrected chi connectivity index (χ4v) is 5.27. The van der Waals surface area contributed by atoms with Crippen LogP contribution < -0.4 is 10.2 Å². The zero-order valence-corrected chi connectivity index (χ0v) is 20.3. The maximum atomic E-state index is 13.1. The smallest absolute Gasteiger partial charge is 0.305 e. The van der Waals surface area contributed by atoms with Crippen LogP contribution in [0.5, 0.6) is 0 Å². The van der Waals surface area contributed by atoms with Gasteiger partial charge < -0.3 is 4.74 Å². The molecule has 9 nitrogen and oxygen atoms in total. The highest BCUT2D eigenvalue weighted by Crippen LogP contribution is 2.33. The average Bonchev–Trinajstić information content (AvgIpc) is 2.79. The lowest BCUT2D eigenvalue weighted by molar-refractivity contribution is -0.140. The zero-order chi connectivity index (χ0) is 24.9. The van der Waals surface area contributed by atoms with Crippen molar-refractivity contribution in [3.63, 3.8) is 0 Å². The van der Waals surface area contributed by atoms with Gasteiger partial charge in [0.25, 0.3) is 5.91 Å². The van der Waals surface area contributed by atoms with Crippen LogP contribution >= 0.6 is 11.6 Å². The number of halogens is 1. The van der Waals surface area contributed by atoms with Crippen molar-refractivity contribution in [3.8, 4) is 0 Å². The maximum absolute atomic E-state index is 13.1. The highest BCUT2D eigenvalue weighted by Gasteiger charge is 2.36. The van der Waals surface area contributed by atoms with Gasteiger partial charge in [-0.25, -0.2) is 5.48 Å². The maximum Gasteiger partial charge on any atom is 0.305 e. The number of hydrogen-bond acceptors (Lipinski definition) is 6. The third-order valence-corrected chi connectivity index (χ3v) is 7.12. The average molecular weight is 508 g/mol. The molecule has 2 aromatic carbocycles. The first-order valence-electron chi connectivity index (χ1n) is 10.5. The SMILES string of the molecule is COC(=O)CCCc1cccc(CN2C=C(C(=O)NO)C(c3ccc(C)cc3Cl)NS2(=O)=O)c1. The Balaban J connectivity index is 1.88. The molecule has 1 aliphatic rings. The normalized spacial score (nSPS) is 17.1. The lowest BCUT2D eigenvalue weighted by atomic mass is 9.98. The van der Waals surface area contributed by atoms with Crippen molar-refractivity contribution in [2.24, 2.45) is 0 Å². The molecular weight excluding hydrogens is 482 g/mol. The molecule has 1 atom stereocenters. The minimum atomic E-state index is -4.04. The number of amides is 1. The number of rotatable bonds is 8. The molecule has 3 N–H and O–H groups in total. The molecule has 0 aliphatic carbocycles. The summed E-state index contributed by atoms with van der Waals surface area (Å²) in [6.45, 7) is 1.79. The Hall–Kier alpha value is -2.92. The van der Waals surface area contributed by atoms with Crippen molar-refractivity contribution in [3.05, 3.63) is 81.5 Å². The van der Waals surface area contributed by atoms with E-state index in [0.29, 0.717) is 24.0 Å². The molecule has 0 fully saturated rings. The topological polar surface area (TPSA) is 125 Å². The van der Waals surface area contributed by atoms with Gasteiger partial charge in [-0.1, -0.05) is 48.0 Å². The summed E-state index contributed by atoms with van der Waals surface area (Å²) in [6.07, 6.45) is 2.70. The number of aryl methyl sites for hydroxylation is 2. The van der Waals surface area contributed by atoms with Crippen LogP contribution in [0.25, 0.3) is 0 Å². The van der Waals surface area contributed by atoms with Gasteiger partial charge in [-0.3, -0.25) is 19.1 Å². The number of hydroxylamine groups is 1. The molecule has 0 saturated heterocycles. The monoisotopic (exact) mass is 507 g/mol. The number of nitrogens with zero attached hydrogens (tertiary/aromatic N) is 1. The fourth-order valence-electron chi connectivity index (χ4n) is 3.66. The van der Waals surface area contributed by atoms with Gasteiger partial charge in [0.15, 0.2) is 0 Å². The Morgan fingerprint density at radius 2 is 1.94 bits per heavy atom. The van der Waals surface area contributed by atoms with Gasteiger partial charge in [0.2, 0.25) is 0 Å². The Morgan fingerprint density at radius 1 is 1.21 bits per heavy atom. The quantitative estimate of drug-likeness (QED) is 0.286. The number of esters is 1. The van der Waals surface area contributed by atoms with Crippen molar-refractivity contribution in [1.29, 1.82) is 0 Å². The number of ether oxygens (including phenoxy) is 1. The standard InChI is InChI=1S/C23H26ClN3O6S/c1-15-9-10-18(20(24)11-15)22-19(23(29)25-30)14-27(34(31,32)26-22)13-17-7-3-5-16(12-17)6-4-8-21(28)33-2/h3,5,7,9-12,14,22,26,30H,4,6,8,13H2,1-2H3,(H,25,29). The molecule has 1 aliphatic heterocycles. The lowest BCUT2D eigenvalue weighted by Gasteiger charge is -2.32. The van der Waals surface area contributed by atoms with Crippen molar-refractivity contribution in [2.75, 3.05) is 7.11 Å². The number of hydrogen-bond donors (Lipinski definition) is 3. The lowest BCUT2D eigenvalue weighted by Crippen LogP contribution is -2.46. The van der Waals surface area contributed by atoms with Crippen molar-refractivity contribution < 1.29 is 28.0 Å². The van der Waals surface area contributed by atoms with Gasteiger partial charge in [0.05, 0.1) is 25.3 Å². The summed E-state index contributed by atoms with van der Waals surface area (Å²) in [4.78, 5) is 23.7. The number of methoxy groups -OCH3 is 1. The van der Waals surface area contributed by atoms with E-state index in [9.17, 15) is 23.2 Å². The summed E-state index contributed by atoms with van der Waals surface area (Å²) in [7, 11) is -2.70. The number of carbonyl (C=O) groups is 2. The molecule has 0 saturated carbocycles. The van der Waals surface area contributed by atoms with E-state index in [1.54, 1.807) is 35.8 Å². The van der Waals surface area contributed by atoms with Crippen LogP contribution in [0.2, 0.25) is 5.02 Å². The number of benzene rings is 2. The molecule has 1 heterocycles. The van der Waals surface area contributed by atoms with E-state index in [1.165, 1.54) is 13.3 Å². The molecule has 0 aromatic heterocycles. The molecule has 182 valence electrons. The highest BCUT2D eigenvalue weighted by atomic mass is 35.5. The first-order valence-corrected chi connectivity index (χ1v) is 12.3. The van der Waals surface area contributed by atoms with Crippen LogP contribution in [0.1, 0.15) is 41.1 Å². The summed E-state index contributed by atoms with van der Waals surface area (Å²) >= 11 is 6.32. The van der Waals surface area contributed by atoms with E-state index in [1.807, 2.05) is 19.1 Å². The van der Waals surface area contributed by atoms with Crippen molar-refractivity contribution >= 4 is 33.7 Å². The molecule has 34 heavy (non-hydrogen) atoms. The van der Waals surface area contributed by atoms with Gasteiger partial charge >= 0.3 is 16.2 Å². The Labute approximate surface area is 203 Å². The number of carbonyl (C=O) groups excluding carboxylic acids is 2. The molecule has 0 radical (unpaired) electrons. The molecule has 1 amide bonds. The molecular formula is C23H26ClN3O6S. The summed E-state index contributed by atoms with van der Waals surface area (Å²) in [6, 6.07) is 11.3. The summed E-state index contributed by atoms with van der Waals surface area (Å²) in [5, 5.41) is 9.53. The third-order valence-electron chi connectivity index (χ3n) is 5.40. The summed E-state index contributed by atoms with van der Waals surface area (Å²) < 4.78 is 34.2. The number of nitrogens with one attached hydrogen (secondary N) is 2. The van der Waals surface area contributed by atoms with Crippen LogP contribution in [0.15, 0.2) is 54.2 Å². The van der Waals surface area contributed by atoms with E-state index < -0.39 is 22.2 Å². The van der Waals surface area contributed by atoms with Crippen LogP contribution in [0.3, 0.4) is 0 Å². The Kier molecular flexibility index (Phi) is 8.32.